The van der Waals surface area contributed by atoms with Gasteiger partial charge in [0.1, 0.15) is 0 Å². The third kappa shape index (κ3) is 1.84. The van der Waals surface area contributed by atoms with Crippen molar-refractivity contribution in [2.24, 2.45) is 0 Å². The largest absolute Gasteiger partial charge is 0.299 e. The van der Waals surface area contributed by atoms with Gasteiger partial charge in [0.25, 0.3) is 5.91 Å². The maximum absolute atomic E-state index is 9.88. The molecule has 0 aliphatic rings. The Kier molecular flexibility index (Phi) is 2.58. The summed E-state index contributed by atoms with van der Waals surface area (Å²) < 4.78 is 2.05. The number of carbonyl (C=O) groups is 1. The zero-order valence-corrected chi connectivity index (χ0v) is 4.03. The molecule has 0 saturated heterocycles. The minimum absolute atomic E-state index is 0.279. The second-order valence-electron chi connectivity index (χ2n) is 0.680. The van der Waals surface area contributed by atoms with Crippen molar-refractivity contribution >= 4 is 18.7 Å². The van der Waals surface area contributed by atoms with E-state index in [0.717, 1.165) is 6.08 Å². The van der Waals surface area contributed by atoms with Gasteiger partial charge in [0, 0.05) is 0 Å². The first-order valence-corrected chi connectivity index (χ1v) is 1.82. The van der Waals surface area contributed by atoms with E-state index in [2.05, 4.69) is 24.1 Å². The molecule has 1 amide bonds. The van der Waals surface area contributed by atoms with Gasteiger partial charge in [-0.05, 0) is 6.08 Å². The van der Waals surface area contributed by atoms with E-state index in [9.17, 15) is 4.79 Å². The minimum Gasteiger partial charge on any atom is -0.299 e. The summed E-state index contributed by atoms with van der Waals surface area (Å²) in [5, 5.41) is 0. The first-order valence-electron chi connectivity index (χ1n) is 1.37. The quantitative estimate of drug-likeness (QED) is 0.358. The van der Waals surface area contributed by atoms with Gasteiger partial charge in [-0.2, -0.15) is 0 Å². The van der Waals surface area contributed by atoms with E-state index >= 15 is 0 Å². The molecule has 0 spiro atoms. The summed E-state index contributed by atoms with van der Waals surface area (Å²) in [4.78, 5) is 9.88. The van der Waals surface area contributed by atoms with Crippen molar-refractivity contribution in [3.63, 3.8) is 0 Å². The van der Waals surface area contributed by atoms with Crippen molar-refractivity contribution in [2.45, 2.75) is 0 Å². The molecule has 34 valence electrons. The molecule has 0 rings (SSSR count). The first-order chi connectivity index (χ1) is 2.81. The molecule has 0 heterocycles. The molecule has 0 aromatic rings. The lowest BCUT2D eigenvalue weighted by Gasteiger charge is -1.81. The second-order valence-corrected chi connectivity index (χ2v) is 0.904. The predicted molar refractivity (Wildman–Crippen MR) is 27.3 cm³/mol. The summed E-state index contributed by atoms with van der Waals surface area (Å²) >= 11 is 3.42. The van der Waals surface area contributed by atoms with E-state index < -0.39 is 0 Å². The van der Waals surface area contributed by atoms with Crippen molar-refractivity contribution < 1.29 is 4.79 Å². The van der Waals surface area contributed by atoms with Gasteiger partial charge in [-0.1, -0.05) is 19.4 Å². The van der Waals surface area contributed by atoms with E-state index in [1.807, 2.05) is 0 Å². The molecular formula is C3H5NOS. The Morgan fingerprint density at radius 3 is 2.50 bits per heavy atom. The number of thiol groups is 1. The van der Waals surface area contributed by atoms with Crippen LogP contribution in [0.1, 0.15) is 0 Å². The van der Waals surface area contributed by atoms with Crippen molar-refractivity contribution in [1.82, 2.24) is 4.72 Å². The molecule has 0 bridgehead atoms. The topological polar surface area (TPSA) is 29.1 Å². The van der Waals surface area contributed by atoms with Crippen molar-refractivity contribution in [1.29, 1.82) is 0 Å². The lowest BCUT2D eigenvalue weighted by molar-refractivity contribution is -0.114. The molecular weight excluding hydrogens is 98.1 g/mol. The summed E-state index contributed by atoms with van der Waals surface area (Å²) in [5.74, 6) is -0.279. The Balaban J connectivity index is 3.23. The third-order valence-electron chi connectivity index (χ3n) is 0.296. The maximum atomic E-state index is 9.88. The van der Waals surface area contributed by atoms with E-state index in [-0.39, 0.29) is 5.91 Å². The molecule has 1 N–H and O–H groups in total. The Morgan fingerprint density at radius 1 is 2.00 bits per heavy atom. The van der Waals surface area contributed by atoms with E-state index in [4.69, 9.17) is 0 Å². The predicted octanol–water partition coefficient (Wildman–Crippen LogP) is 0.133. The summed E-state index contributed by atoms with van der Waals surface area (Å²) in [6.45, 7) is 3.17. The van der Waals surface area contributed by atoms with Crippen LogP contribution < -0.4 is 4.72 Å². The third-order valence-corrected chi connectivity index (χ3v) is 0.516. The van der Waals surface area contributed by atoms with Gasteiger partial charge in [-0.3, -0.25) is 9.52 Å². The number of hydrogen-bond donors (Lipinski definition) is 2. The van der Waals surface area contributed by atoms with E-state index in [1.165, 1.54) is 0 Å². The summed E-state index contributed by atoms with van der Waals surface area (Å²) in [5.41, 5.74) is 0. The Bertz CT molecular complexity index is 71.2. The summed E-state index contributed by atoms with van der Waals surface area (Å²) in [6, 6.07) is 0. The van der Waals surface area contributed by atoms with Gasteiger partial charge >= 0.3 is 0 Å². The van der Waals surface area contributed by atoms with Gasteiger partial charge in [-0.15, -0.1) is 0 Å². The van der Waals surface area contributed by atoms with Gasteiger partial charge in [0.15, 0.2) is 0 Å². The monoisotopic (exact) mass is 103 g/mol. The average Bonchev–Trinajstić information content (AvgIpc) is 1.65. The molecule has 2 nitrogen and oxygen atoms in total. The highest BCUT2D eigenvalue weighted by Crippen LogP contribution is 1.64. The molecule has 0 aliphatic heterocycles. The molecule has 0 atom stereocenters. The molecule has 6 heavy (non-hydrogen) atoms. The van der Waals surface area contributed by atoms with Crippen LogP contribution in [0.5, 0.6) is 0 Å². The van der Waals surface area contributed by atoms with Crippen molar-refractivity contribution in [3.05, 3.63) is 12.7 Å². The SMILES string of the molecule is C=CC(=O)NS. The van der Waals surface area contributed by atoms with Crippen molar-refractivity contribution in [2.75, 3.05) is 0 Å². The molecule has 0 saturated carbocycles. The molecule has 3 heteroatoms. The number of nitrogens with one attached hydrogen (secondary N) is 1. The van der Waals surface area contributed by atoms with Crippen LogP contribution in [0.15, 0.2) is 12.7 Å². The van der Waals surface area contributed by atoms with Crippen LogP contribution in [-0.2, 0) is 4.79 Å². The number of hydrogen-bond acceptors (Lipinski definition) is 2. The second kappa shape index (κ2) is 2.78. The minimum atomic E-state index is -0.279. The molecule has 0 aromatic carbocycles. The normalized spacial score (nSPS) is 6.83. The lowest BCUT2D eigenvalue weighted by Crippen LogP contribution is -2.06. The van der Waals surface area contributed by atoms with Crippen LogP contribution >= 0.6 is 12.8 Å². The maximum Gasteiger partial charge on any atom is 0.253 e. The number of rotatable bonds is 1. The van der Waals surface area contributed by atoms with Gasteiger partial charge in [0.05, 0.1) is 0 Å². The highest BCUT2D eigenvalue weighted by Gasteiger charge is 1.79. The zero-order valence-electron chi connectivity index (χ0n) is 3.14. The molecule has 0 radical (unpaired) electrons. The van der Waals surface area contributed by atoms with Gasteiger partial charge in [-0.25, -0.2) is 0 Å². The average molecular weight is 103 g/mol. The fourth-order valence-corrected chi connectivity index (χ4v) is 0.137. The van der Waals surface area contributed by atoms with E-state index in [0.29, 0.717) is 0 Å². The van der Waals surface area contributed by atoms with Crippen LogP contribution in [0.4, 0.5) is 0 Å². The summed E-state index contributed by atoms with van der Waals surface area (Å²) in [6.07, 6.45) is 1.15. The fourth-order valence-electron chi connectivity index (χ4n) is 0.0456. The van der Waals surface area contributed by atoms with Crippen molar-refractivity contribution in [3.8, 4) is 0 Å². The van der Waals surface area contributed by atoms with Gasteiger partial charge < -0.3 is 0 Å². The van der Waals surface area contributed by atoms with Gasteiger partial charge in [0.2, 0.25) is 0 Å². The lowest BCUT2D eigenvalue weighted by atomic mass is 10.6. The van der Waals surface area contributed by atoms with Crippen LogP contribution in [0.2, 0.25) is 0 Å². The number of amides is 1. The molecule has 0 unspecified atom stereocenters. The van der Waals surface area contributed by atoms with Crippen LogP contribution in [0.25, 0.3) is 0 Å². The molecule has 0 aliphatic carbocycles. The Hall–Kier alpha value is -0.440. The zero-order chi connectivity index (χ0) is 4.99. The Morgan fingerprint density at radius 2 is 2.50 bits per heavy atom. The fraction of sp³-hybridized carbons (Fsp3) is 0. The molecule has 0 aromatic heterocycles. The van der Waals surface area contributed by atoms with E-state index in [1.54, 1.807) is 0 Å². The first kappa shape index (κ1) is 5.56. The Labute approximate surface area is 41.8 Å². The molecule has 0 fully saturated rings. The standard InChI is InChI=1S/C3H5NOS/c1-2-3(5)4-6/h2,6H,1H2,(H,4,5). The smallest absolute Gasteiger partial charge is 0.253 e. The summed E-state index contributed by atoms with van der Waals surface area (Å²) in [7, 11) is 0. The van der Waals surface area contributed by atoms with Crippen LogP contribution in [0, 0.1) is 0 Å². The highest BCUT2D eigenvalue weighted by molar-refractivity contribution is 7.78. The van der Waals surface area contributed by atoms with Crippen LogP contribution in [-0.4, -0.2) is 5.91 Å². The highest BCUT2D eigenvalue weighted by atomic mass is 32.1. The van der Waals surface area contributed by atoms with Crippen LogP contribution in [0.3, 0.4) is 0 Å². The number of carbonyl (C=O) groups excluding carboxylic acids is 1.